The van der Waals surface area contributed by atoms with Gasteiger partial charge in [-0.3, -0.25) is 14.0 Å². The van der Waals surface area contributed by atoms with Crippen LogP contribution in [0.25, 0.3) is 11.7 Å². The van der Waals surface area contributed by atoms with Gasteiger partial charge in [0.05, 0.1) is 13.2 Å². The Balaban J connectivity index is 1.85. The minimum atomic E-state index is -0.503. The SMILES string of the molecule is Cc1cccn2c(=O)c(C=C(C#N)C(=O)N3CCOCC3)c(Oc3ccc(F)cc3)nc12. The van der Waals surface area contributed by atoms with E-state index < -0.39 is 17.3 Å². The number of halogens is 1. The maximum absolute atomic E-state index is 13.3. The zero-order chi connectivity index (χ0) is 22.7. The number of amides is 1. The van der Waals surface area contributed by atoms with E-state index in [1.165, 1.54) is 39.6 Å². The van der Waals surface area contributed by atoms with Crippen molar-refractivity contribution in [2.24, 2.45) is 0 Å². The number of rotatable bonds is 4. The van der Waals surface area contributed by atoms with Crippen LogP contribution in [0.3, 0.4) is 0 Å². The Labute approximate surface area is 182 Å². The predicted octanol–water partition coefficient (Wildman–Crippen LogP) is 2.70. The lowest BCUT2D eigenvalue weighted by Crippen LogP contribution is -2.41. The van der Waals surface area contributed by atoms with Crippen LogP contribution < -0.4 is 10.3 Å². The molecule has 0 atom stereocenters. The van der Waals surface area contributed by atoms with Gasteiger partial charge in [-0.15, -0.1) is 0 Å². The maximum Gasteiger partial charge on any atom is 0.269 e. The third-order valence-electron chi connectivity index (χ3n) is 5.02. The molecule has 1 amide bonds. The number of aromatic nitrogens is 2. The highest BCUT2D eigenvalue weighted by Gasteiger charge is 2.23. The van der Waals surface area contributed by atoms with Crippen molar-refractivity contribution in [3.63, 3.8) is 0 Å². The van der Waals surface area contributed by atoms with Gasteiger partial charge in [0, 0.05) is 19.3 Å². The van der Waals surface area contributed by atoms with Crippen molar-refractivity contribution in [3.8, 4) is 17.7 Å². The highest BCUT2D eigenvalue weighted by atomic mass is 19.1. The molecule has 1 fully saturated rings. The van der Waals surface area contributed by atoms with Crippen molar-refractivity contribution in [2.75, 3.05) is 26.3 Å². The molecule has 1 aromatic carbocycles. The molecule has 3 aromatic rings. The number of fused-ring (bicyclic) bond motifs is 1. The second-order valence-corrected chi connectivity index (χ2v) is 7.15. The first-order chi connectivity index (χ1) is 15.5. The number of ether oxygens (including phenoxy) is 2. The lowest BCUT2D eigenvalue weighted by Gasteiger charge is -2.26. The average molecular weight is 434 g/mol. The first kappa shape index (κ1) is 21.2. The van der Waals surface area contributed by atoms with Crippen LogP contribution in [0.1, 0.15) is 11.1 Å². The summed E-state index contributed by atoms with van der Waals surface area (Å²) in [6, 6.07) is 10.6. The molecule has 0 bridgehead atoms. The molecule has 8 nitrogen and oxygen atoms in total. The fraction of sp³-hybridized carbons (Fsp3) is 0.217. The minimum absolute atomic E-state index is 0.0596. The molecular formula is C23H19FN4O4. The smallest absolute Gasteiger partial charge is 0.269 e. The topological polar surface area (TPSA) is 96.9 Å². The van der Waals surface area contributed by atoms with E-state index in [2.05, 4.69) is 4.98 Å². The Hall–Kier alpha value is -4.03. The van der Waals surface area contributed by atoms with Gasteiger partial charge in [0.2, 0.25) is 5.88 Å². The average Bonchev–Trinajstić information content (AvgIpc) is 2.81. The lowest BCUT2D eigenvalue weighted by atomic mass is 10.1. The van der Waals surface area contributed by atoms with E-state index >= 15 is 0 Å². The van der Waals surface area contributed by atoms with Crippen LogP contribution in [-0.4, -0.2) is 46.5 Å². The Bertz CT molecular complexity index is 1300. The molecule has 0 N–H and O–H groups in total. The monoisotopic (exact) mass is 434 g/mol. The molecule has 9 heteroatoms. The van der Waals surface area contributed by atoms with E-state index in [0.29, 0.717) is 32.0 Å². The summed E-state index contributed by atoms with van der Waals surface area (Å²) in [5, 5.41) is 9.64. The van der Waals surface area contributed by atoms with Crippen LogP contribution in [0, 0.1) is 24.1 Å². The van der Waals surface area contributed by atoms with E-state index in [0.717, 1.165) is 5.56 Å². The van der Waals surface area contributed by atoms with Gasteiger partial charge in [-0.2, -0.15) is 10.2 Å². The summed E-state index contributed by atoms with van der Waals surface area (Å²) in [5.41, 5.74) is 0.315. The number of pyridine rings is 1. The number of aryl methyl sites for hydroxylation is 1. The largest absolute Gasteiger partial charge is 0.438 e. The molecule has 1 aliphatic rings. The first-order valence-corrected chi connectivity index (χ1v) is 9.92. The summed E-state index contributed by atoms with van der Waals surface area (Å²) in [6.45, 7) is 3.25. The Morgan fingerprint density at radius 2 is 1.97 bits per heavy atom. The van der Waals surface area contributed by atoms with Gasteiger partial charge < -0.3 is 14.4 Å². The van der Waals surface area contributed by atoms with Gasteiger partial charge in [0.1, 0.15) is 34.4 Å². The van der Waals surface area contributed by atoms with Crippen LogP contribution in [-0.2, 0) is 9.53 Å². The molecule has 3 heterocycles. The summed E-state index contributed by atoms with van der Waals surface area (Å²) >= 11 is 0. The van der Waals surface area contributed by atoms with Crippen molar-refractivity contribution in [1.29, 1.82) is 5.26 Å². The van der Waals surface area contributed by atoms with Gasteiger partial charge in [-0.25, -0.2) is 4.39 Å². The molecule has 0 radical (unpaired) electrons. The second kappa shape index (κ2) is 8.99. The van der Waals surface area contributed by atoms with Crippen molar-refractivity contribution < 1.29 is 18.7 Å². The lowest BCUT2D eigenvalue weighted by molar-refractivity contribution is -0.130. The zero-order valence-corrected chi connectivity index (χ0v) is 17.2. The van der Waals surface area contributed by atoms with Crippen molar-refractivity contribution in [3.05, 3.63) is 75.5 Å². The van der Waals surface area contributed by atoms with Crippen LogP contribution >= 0.6 is 0 Å². The molecule has 0 unspecified atom stereocenters. The normalized spacial score (nSPS) is 14.3. The van der Waals surface area contributed by atoms with E-state index in [9.17, 15) is 19.2 Å². The summed E-state index contributed by atoms with van der Waals surface area (Å²) in [4.78, 5) is 32.1. The van der Waals surface area contributed by atoms with Gasteiger partial charge >= 0.3 is 0 Å². The molecule has 0 spiro atoms. The third kappa shape index (κ3) is 4.22. The van der Waals surface area contributed by atoms with Gasteiger partial charge in [-0.1, -0.05) is 6.07 Å². The number of hydrogen-bond acceptors (Lipinski definition) is 6. The maximum atomic E-state index is 13.3. The van der Waals surface area contributed by atoms with E-state index in [4.69, 9.17) is 9.47 Å². The molecule has 32 heavy (non-hydrogen) atoms. The highest BCUT2D eigenvalue weighted by molar-refractivity contribution is 6.02. The van der Waals surface area contributed by atoms with E-state index in [1.54, 1.807) is 25.3 Å². The minimum Gasteiger partial charge on any atom is -0.438 e. The van der Waals surface area contributed by atoms with Gasteiger partial charge in [0.25, 0.3) is 11.5 Å². The number of benzene rings is 1. The van der Waals surface area contributed by atoms with Crippen LogP contribution in [0.15, 0.2) is 53.0 Å². The van der Waals surface area contributed by atoms with Gasteiger partial charge in [-0.05, 0) is 48.9 Å². The summed E-state index contributed by atoms with van der Waals surface area (Å²) in [7, 11) is 0. The summed E-state index contributed by atoms with van der Waals surface area (Å²) in [6.07, 6.45) is 2.74. The fourth-order valence-corrected chi connectivity index (χ4v) is 3.33. The van der Waals surface area contributed by atoms with Crippen LogP contribution in [0.2, 0.25) is 0 Å². The Morgan fingerprint density at radius 1 is 1.25 bits per heavy atom. The number of morpholine rings is 1. The molecule has 1 saturated heterocycles. The van der Waals surface area contributed by atoms with Crippen molar-refractivity contribution >= 4 is 17.6 Å². The second-order valence-electron chi connectivity index (χ2n) is 7.15. The fourth-order valence-electron chi connectivity index (χ4n) is 3.33. The first-order valence-electron chi connectivity index (χ1n) is 9.92. The molecule has 4 rings (SSSR count). The molecule has 1 aliphatic heterocycles. The zero-order valence-electron chi connectivity index (χ0n) is 17.2. The van der Waals surface area contributed by atoms with Gasteiger partial charge in [0.15, 0.2) is 0 Å². The highest BCUT2D eigenvalue weighted by Crippen LogP contribution is 2.25. The van der Waals surface area contributed by atoms with E-state index in [-0.39, 0.29) is 22.8 Å². The molecule has 0 saturated carbocycles. The standard InChI is InChI=1S/C23H19FN4O4/c1-15-3-2-8-28-20(15)26-21(32-18-6-4-17(24)5-7-18)19(23(28)30)13-16(14-25)22(29)27-9-11-31-12-10-27/h2-8,13H,9-12H2,1H3. The quantitative estimate of drug-likeness (QED) is 0.463. The predicted molar refractivity (Wildman–Crippen MR) is 114 cm³/mol. The number of nitrogens with zero attached hydrogens (tertiary/aromatic N) is 4. The van der Waals surface area contributed by atoms with Crippen molar-refractivity contribution in [2.45, 2.75) is 6.92 Å². The number of carbonyl (C=O) groups excluding carboxylic acids is 1. The molecule has 0 aliphatic carbocycles. The molecule has 162 valence electrons. The van der Waals surface area contributed by atoms with Crippen LogP contribution in [0.5, 0.6) is 11.6 Å². The summed E-state index contributed by atoms with van der Waals surface area (Å²) < 4.78 is 25.7. The Kier molecular flexibility index (Phi) is 5.96. The summed E-state index contributed by atoms with van der Waals surface area (Å²) in [5.74, 6) is -0.776. The Morgan fingerprint density at radius 3 is 2.66 bits per heavy atom. The van der Waals surface area contributed by atoms with Crippen molar-refractivity contribution in [1.82, 2.24) is 14.3 Å². The number of hydrogen-bond donors (Lipinski definition) is 0. The number of nitriles is 1. The third-order valence-corrected chi connectivity index (χ3v) is 5.02. The van der Waals surface area contributed by atoms with E-state index in [1.807, 2.05) is 6.07 Å². The molecule has 2 aromatic heterocycles. The number of carbonyl (C=O) groups is 1. The van der Waals surface area contributed by atoms with Crippen LogP contribution in [0.4, 0.5) is 4.39 Å². The molecular weight excluding hydrogens is 415 g/mol.